The summed E-state index contributed by atoms with van der Waals surface area (Å²) in [6.07, 6.45) is 0.987. The van der Waals surface area contributed by atoms with Crippen molar-refractivity contribution in [2.75, 3.05) is 33.4 Å². The third-order valence-electron chi connectivity index (χ3n) is 2.07. The molecule has 0 saturated heterocycles. The molecule has 1 aromatic carbocycles. The van der Waals surface area contributed by atoms with Gasteiger partial charge in [0.1, 0.15) is 0 Å². The summed E-state index contributed by atoms with van der Waals surface area (Å²) in [6.45, 7) is 7.03. The highest BCUT2D eigenvalue weighted by Crippen LogP contribution is 1.96. The summed E-state index contributed by atoms with van der Waals surface area (Å²) in [4.78, 5) is 0. The second-order valence-electron chi connectivity index (χ2n) is 4.44. The molecule has 0 radical (unpaired) electrons. The summed E-state index contributed by atoms with van der Waals surface area (Å²) in [6, 6.07) is 10.3. The van der Waals surface area contributed by atoms with Crippen LogP contribution in [0.25, 0.3) is 0 Å². The lowest BCUT2D eigenvalue weighted by Gasteiger charge is -1.93. The van der Waals surface area contributed by atoms with Crippen molar-refractivity contribution in [3.8, 4) is 0 Å². The minimum Gasteiger partial charge on any atom is -0.383 e. The SMILES string of the molecule is CC(C)CN.COCCN.NCCc1ccccc1. The van der Waals surface area contributed by atoms with Crippen molar-refractivity contribution in [3.05, 3.63) is 35.9 Å². The number of benzene rings is 1. The van der Waals surface area contributed by atoms with E-state index in [1.807, 2.05) is 18.2 Å². The second kappa shape index (κ2) is 17.1. The first-order valence-corrected chi connectivity index (χ1v) is 6.75. The molecule has 0 aromatic heterocycles. The number of hydrogen-bond donors (Lipinski definition) is 3. The van der Waals surface area contributed by atoms with Gasteiger partial charge in [-0.05, 0) is 31.0 Å². The van der Waals surface area contributed by atoms with Gasteiger partial charge in [-0.15, -0.1) is 0 Å². The fraction of sp³-hybridized carbons (Fsp3) is 0.600. The molecular weight excluding hydrogens is 238 g/mol. The summed E-state index contributed by atoms with van der Waals surface area (Å²) in [5, 5.41) is 0. The van der Waals surface area contributed by atoms with Gasteiger partial charge in [-0.1, -0.05) is 44.2 Å². The Labute approximate surface area is 118 Å². The molecule has 0 fully saturated rings. The zero-order valence-electron chi connectivity index (χ0n) is 12.6. The van der Waals surface area contributed by atoms with E-state index in [4.69, 9.17) is 17.2 Å². The van der Waals surface area contributed by atoms with Gasteiger partial charge < -0.3 is 21.9 Å². The molecule has 112 valence electrons. The summed E-state index contributed by atoms with van der Waals surface area (Å²) in [5.41, 5.74) is 16.9. The minimum absolute atomic E-state index is 0.622. The van der Waals surface area contributed by atoms with Crippen LogP contribution in [0.2, 0.25) is 0 Å². The average molecular weight is 269 g/mol. The van der Waals surface area contributed by atoms with E-state index < -0.39 is 0 Å². The maximum Gasteiger partial charge on any atom is 0.0584 e. The average Bonchev–Trinajstić information content (AvgIpc) is 2.42. The molecule has 4 nitrogen and oxygen atoms in total. The first kappa shape index (κ1) is 20.4. The molecule has 0 aliphatic carbocycles. The van der Waals surface area contributed by atoms with E-state index in [2.05, 4.69) is 30.7 Å². The number of ether oxygens (including phenoxy) is 1. The van der Waals surface area contributed by atoms with Crippen LogP contribution in [0, 0.1) is 5.92 Å². The van der Waals surface area contributed by atoms with Gasteiger partial charge in [0.25, 0.3) is 0 Å². The molecule has 1 aromatic rings. The van der Waals surface area contributed by atoms with Crippen LogP contribution in [0.3, 0.4) is 0 Å². The van der Waals surface area contributed by atoms with Crippen molar-refractivity contribution >= 4 is 0 Å². The molecule has 19 heavy (non-hydrogen) atoms. The van der Waals surface area contributed by atoms with Crippen molar-refractivity contribution in [2.24, 2.45) is 23.1 Å². The summed E-state index contributed by atoms with van der Waals surface area (Å²) in [7, 11) is 1.63. The predicted octanol–water partition coefficient (Wildman–Crippen LogP) is 1.38. The molecule has 0 bridgehead atoms. The molecule has 0 spiro atoms. The first-order chi connectivity index (χ1) is 9.12. The standard InChI is InChI=1S/C8H11N.C4H11N.C3H9NO/c9-7-6-8-4-2-1-3-5-8;1-4(2)3-5;1-5-3-2-4/h1-5H,6-7,9H2;4H,3,5H2,1-2H3;2-4H2,1H3. The Hall–Kier alpha value is -0.940. The molecular formula is C15H31N3O. The Morgan fingerprint density at radius 3 is 1.79 bits per heavy atom. The van der Waals surface area contributed by atoms with Crippen molar-refractivity contribution in [1.29, 1.82) is 0 Å². The van der Waals surface area contributed by atoms with E-state index >= 15 is 0 Å². The molecule has 0 amide bonds. The van der Waals surface area contributed by atoms with E-state index in [1.54, 1.807) is 7.11 Å². The van der Waals surface area contributed by atoms with Gasteiger partial charge in [-0.25, -0.2) is 0 Å². The lowest BCUT2D eigenvalue weighted by molar-refractivity contribution is 0.207. The van der Waals surface area contributed by atoms with E-state index in [0.29, 0.717) is 19.1 Å². The van der Waals surface area contributed by atoms with Gasteiger partial charge in [-0.2, -0.15) is 0 Å². The topological polar surface area (TPSA) is 87.3 Å². The Morgan fingerprint density at radius 2 is 1.53 bits per heavy atom. The highest BCUT2D eigenvalue weighted by Gasteiger charge is 1.84. The number of methoxy groups -OCH3 is 1. The zero-order valence-corrected chi connectivity index (χ0v) is 12.6. The van der Waals surface area contributed by atoms with Gasteiger partial charge >= 0.3 is 0 Å². The summed E-state index contributed by atoms with van der Waals surface area (Å²) >= 11 is 0. The Bertz CT molecular complexity index is 251. The van der Waals surface area contributed by atoms with Crippen molar-refractivity contribution < 1.29 is 4.74 Å². The van der Waals surface area contributed by atoms with Crippen molar-refractivity contribution in [2.45, 2.75) is 20.3 Å². The number of hydrogen-bond acceptors (Lipinski definition) is 4. The van der Waals surface area contributed by atoms with Crippen LogP contribution in [0.15, 0.2) is 30.3 Å². The fourth-order valence-corrected chi connectivity index (χ4v) is 0.929. The normalized spacial score (nSPS) is 9.21. The van der Waals surface area contributed by atoms with E-state index in [0.717, 1.165) is 19.5 Å². The third kappa shape index (κ3) is 19.6. The van der Waals surface area contributed by atoms with E-state index in [1.165, 1.54) is 5.56 Å². The minimum atomic E-state index is 0.622. The molecule has 1 rings (SSSR count). The Balaban J connectivity index is 0. The monoisotopic (exact) mass is 269 g/mol. The number of nitrogens with two attached hydrogens (primary N) is 3. The fourth-order valence-electron chi connectivity index (χ4n) is 0.929. The van der Waals surface area contributed by atoms with Crippen LogP contribution in [-0.4, -0.2) is 33.4 Å². The highest BCUT2D eigenvalue weighted by molar-refractivity contribution is 5.14. The second-order valence-corrected chi connectivity index (χ2v) is 4.44. The molecule has 4 heteroatoms. The quantitative estimate of drug-likeness (QED) is 0.753. The maximum atomic E-state index is 5.36. The van der Waals surface area contributed by atoms with Crippen LogP contribution in [0.4, 0.5) is 0 Å². The smallest absolute Gasteiger partial charge is 0.0584 e. The van der Waals surface area contributed by atoms with Crippen LogP contribution < -0.4 is 17.2 Å². The van der Waals surface area contributed by atoms with Gasteiger partial charge in [0.15, 0.2) is 0 Å². The van der Waals surface area contributed by atoms with Crippen molar-refractivity contribution in [1.82, 2.24) is 0 Å². The molecule has 0 aliphatic rings. The van der Waals surface area contributed by atoms with Gasteiger partial charge in [-0.3, -0.25) is 0 Å². The molecule has 0 unspecified atom stereocenters. The van der Waals surface area contributed by atoms with E-state index in [9.17, 15) is 0 Å². The lowest BCUT2D eigenvalue weighted by atomic mass is 10.2. The van der Waals surface area contributed by atoms with E-state index in [-0.39, 0.29) is 0 Å². The lowest BCUT2D eigenvalue weighted by Crippen LogP contribution is -2.05. The number of rotatable bonds is 5. The molecule has 6 N–H and O–H groups in total. The highest BCUT2D eigenvalue weighted by atomic mass is 16.5. The maximum absolute atomic E-state index is 5.36. The predicted molar refractivity (Wildman–Crippen MR) is 84.0 cm³/mol. The van der Waals surface area contributed by atoms with Gasteiger partial charge in [0, 0.05) is 13.7 Å². The molecule has 0 aliphatic heterocycles. The van der Waals surface area contributed by atoms with Crippen LogP contribution >= 0.6 is 0 Å². The van der Waals surface area contributed by atoms with Crippen molar-refractivity contribution in [3.63, 3.8) is 0 Å². The Morgan fingerprint density at radius 1 is 1.00 bits per heavy atom. The van der Waals surface area contributed by atoms with Crippen LogP contribution in [0.1, 0.15) is 19.4 Å². The molecule has 0 atom stereocenters. The van der Waals surface area contributed by atoms with Gasteiger partial charge in [0.2, 0.25) is 0 Å². The van der Waals surface area contributed by atoms with Crippen LogP contribution in [-0.2, 0) is 11.2 Å². The van der Waals surface area contributed by atoms with Gasteiger partial charge in [0.05, 0.1) is 6.61 Å². The zero-order chi connectivity index (χ0) is 14.9. The molecule has 0 saturated carbocycles. The summed E-state index contributed by atoms with van der Waals surface area (Å²) < 4.78 is 4.57. The first-order valence-electron chi connectivity index (χ1n) is 6.75. The van der Waals surface area contributed by atoms with Crippen LogP contribution in [0.5, 0.6) is 0 Å². The Kier molecular flexibility index (Phi) is 18.3. The summed E-state index contributed by atoms with van der Waals surface area (Å²) in [5.74, 6) is 0.662. The molecule has 0 heterocycles. The largest absolute Gasteiger partial charge is 0.383 e. The third-order valence-corrected chi connectivity index (χ3v) is 2.07.